The summed E-state index contributed by atoms with van der Waals surface area (Å²) in [6.07, 6.45) is 4.46. The summed E-state index contributed by atoms with van der Waals surface area (Å²) in [5.74, 6) is 2.00. The van der Waals surface area contributed by atoms with Gasteiger partial charge in [-0.2, -0.15) is 0 Å². The minimum Gasteiger partial charge on any atom is -0.483 e. The lowest BCUT2D eigenvalue weighted by atomic mass is 9.99. The highest BCUT2D eigenvalue weighted by Gasteiger charge is 2.34. The van der Waals surface area contributed by atoms with Crippen LogP contribution >= 0.6 is 0 Å². The van der Waals surface area contributed by atoms with Crippen molar-refractivity contribution in [1.29, 1.82) is 0 Å². The molecule has 0 spiro atoms. The first kappa shape index (κ1) is 17.1. The van der Waals surface area contributed by atoms with Crippen LogP contribution in [-0.2, 0) is 11.2 Å². The minimum absolute atomic E-state index is 0.0280. The van der Waals surface area contributed by atoms with Crippen LogP contribution < -0.4 is 10.4 Å². The van der Waals surface area contributed by atoms with Gasteiger partial charge in [0.2, 0.25) is 0 Å². The van der Waals surface area contributed by atoms with E-state index in [-0.39, 0.29) is 18.1 Å². The van der Waals surface area contributed by atoms with Crippen molar-refractivity contribution in [2.75, 3.05) is 19.7 Å². The van der Waals surface area contributed by atoms with Crippen molar-refractivity contribution in [3.05, 3.63) is 39.7 Å². The molecule has 2 heterocycles. The highest BCUT2D eigenvalue weighted by molar-refractivity contribution is 5.88. The Kier molecular flexibility index (Phi) is 4.47. The number of carbonyl (C=O) groups excluding carboxylic acids is 1. The van der Waals surface area contributed by atoms with Crippen LogP contribution in [0.15, 0.2) is 27.4 Å². The van der Waals surface area contributed by atoms with Crippen LogP contribution in [0.4, 0.5) is 0 Å². The Balaban J connectivity index is 1.57. The van der Waals surface area contributed by atoms with Gasteiger partial charge in [-0.15, -0.1) is 0 Å². The van der Waals surface area contributed by atoms with Gasteiger partial charge >= 0.3 is 5.63 Å². The van der Waals surface area contributed by atoms with Crippen molar-refractivity contribution < 1.29 is 13.9 Å². The minimum atomic E-state index is -0.356. The van der Waals surface area contributed by atoms with Crippen LogP contribution in [-0.4, -0.2) is 30.5 Å². The topological polar surface area (TPSA) is 59.8 Å². The van der Waals surface area contributed by atoms with Crippen LogP contribution in [0.5, 0.6) is 5.75 Å². The molecular weight excluding hydrogens is 330 g/mol. The highest BCUT2D eigenvalue weighted by Crippen LogP contribution is 2.36. The fraction of sp³-hybridized carbons (Fsp3) is 0.524. The molecule has 2 fully saturated rings. The number of hydrogen-bond donors (Lipinski definition) is 0. The number of rotatable bonds is 4. The third-order valence-corrected chi connectivity index (χ3v) is 5.73. The van der Waals surface area contributed by atoms with E-state index in [0.29, 0.717) is 29.6 Å². The molecule has 2 bridgehead atoms. The average Bonchev–Trinajstić information content (AvgIpc) is 2.95. The molecule has 1 amide bonds. The lowest BCUT2D eigenvalue weighted by Crippen LogP contribution is -2.43. The number of ether oxygens (including phenoxy) is 1. The van der Waals surface area contributed by atoms with Crippen molar-refractivity contribution in [1.82, 2.24) is 4.90 Å². The van der Waals surface area contributed by atoms with Crippen molar-refractivity contribution in [2.24, 2.45) is 11.8 Å². The quantitative estimate of drug-likeness (QED) is 0.790. The second kappa shape index (κ2) is 6.78. The van der Waals surface area contributed by atoms with Crippen molar-refractivity contribution in [3.8, 4) is 5.75 Å². The zero-order chi connectivity index (χ0) is 18.3. The molecule has 1 saturated heterocycles. The molecule has 2 aromatic rings. The third-order valence-electron chi connectivity index (χ3n) is 5.73. The van der Waals surface area contributed by atoms with Gasteiger partial charge in [0.1, 0.15) is 11.3 Å². The zero-order valence-corrected chi connectivity index (χ0v) is 15.4. The van der Waals surface area contributed by atoms with Gasteiger partial charge in [0, 0.05) is 19.2 Å². The molecule has 2 aliphatic rings. The molecule has 1 saturated carbocycles. The van der Waals surface area contributed by atoms with Crippen molar-refractivity contribution in [2.45, 2.75) is 39.5 Å². The molecule has 26 heavy (non-hydrogen) atoms. The summed E-state index contributed by atoms with van der Waals surface area (Å²) in [5, 5.41) is 0.796. The molecule has 1 aliphatic carbocycles. The Hall–Kier alpha value is -2.30. The van der Waals surface area contributed by atoms with Gasteiger partial charge in [0.25, 0.3) is 5.91 Å². The molecule has 5 heteroatoms. The van der Waals surface area contributed by atoms with E-state index in [0.717, 1.165) is 29.6 Å². The van der Waals surface area contributed by atoms with Crippen molar-refractivity contribution >= 4 is 16.9 Å². The summed E-state index contributed by atoms with van der Waals surface area (Å²) in [7, 11) is 0. The predicted molar refractivity (Wildman–Crippen MR) is 99.5 cm³/mol. The van der Waals surface area contributed by atoms with Gasteiger partial charge in [0.05, 0.1) is 5.39 Å². The van der Waals surface area contributed by atoms with Crippen molar-refractivity contribution in [3.63, 3.8) is 0 Å². The van der Waals surface area contributed by atoms with Gasteiger partial charge in [-0.3, -0.25) is 4.79 Å². The molecule has 2 atom stereocenters. The molecule has 0 N–H and O–H groups in total. The summed E-state index contributed by atoms with van der Waals surface area (Å²) >= 11 is 0. The number of aryl methyl sites for hydroxylation is 2. The maximum Gasteiger partial charge on any atom is 0.336 e. The van der Waals surface area contributed by atoms with Crippen LogP contribution in [0, 0.1) is 18.8 Å². The van der Waals surface area contributed by atoms with E-state index in [9.17, 15) is 9.59 Å². The first-order chi connectivity index (χ1) is 12.5. The van der Waals surface area contributed by atoms with Crippen LogP contribution in [0.3, 0.4) is 0 Å². The Morgan fingerprint density at radius 3 is 2.65 bits per heavy atom. The molecule has 1 aliphatic heterocycles. The molecule has 0 unspecified atom stereocenters. The summed E-state index contributed by atoms with van der Waals surface area (Å²) in [4.78, 5) is 26.4. The van der Waals surface area contributed by atoms with Gasteiger partial charge in [-0.05, 0) is 67.7 Å². The van der Waals surface area contributed by atoms with Gasteiger partial charge < -0.3 is 14.1 Å². The standard InChI is InChI=1S/C21H25NO4/c1-3-16-9-20(24)26-18-7-13(2)6-17(21(16)18)25-12-19(23)22-10-14-4-5-15(8-14)11-22/h6-7,9,14-15H,3-5,8,10-12H2,1-2H3/t14-,15+. The molecule has 4 rings (SSSR count). The molecule has 1 aromatic heterocycles. The number of benzene rings is 1. The number of nitrogens with zero attached hydrogens (tertiary/aromatic N) is 1. The summed E-state index contributed by atoms with van der Waals surface area (Å²) in [5.41, 5.74) is 1.99. The monoisotopic (exact) mass is 355 g/mol. The molecule has 1 aromatic carbocycles. The SMILES string of the molecule is CCc1cc(=O)oc2cc(C)cc(OCC(=O)N3C[C@@H]4CC[C@@H](C4)C3)c12. The highest BCUT2D eigenvalue weighted by atomic mass is 16.5. The Labute approximate surface area is 152 Å². The van der Waals surface area contributed by atoms with E-state index in [4.69, 9.17) is 9.15 Å². The van der Waals surface area contributed by atoms with Crippen LogP contribution in [0.1, 0.15) is 37.3 Å². The normalized spacial score (nSPS) is 22.0. The van der Waals surface area contributed by atoms with Crippen LogP contribution in [0.2, 0.25) is 0 Å². The second-order valence-electron chi connectivity index (χ2n) is 7.71. The molecule has 5 nitrogen and oxygen atoms in total. The number of fused-ring (bicyclic) bond motifs is 3. The number of piperidine rings is 1. The van der Waals surface area contributed by atoms with Gasteiger partial charge in [0.15, 0.2) is 6.61 Å². The smallest absolute Gasteiger partial charge is 0.336 e. The number of likely N-dealkylation sites (tertiary alicyclic amines) is 1. The number of carbonyl (C=O) groups is 1. The Morgan fingerprint density at radius 1 is 1.23 bits per heavy atom. The number of amides is 1. The first-order valence-corrected chi connectivity index (χ1v) is 9.51. The summed E-state index contributed by atoms with van der Waals surface area (Å²) in [6, 6.07) is 5.26. The predicted octanol–water partition coefficient (Wildman–Crippen LogP) is 3.30. The largest absolute Gasteiger partial charge is 0.483 e. The zero-order valence-electron chi connectivity index (χ0n) is 15.4. The summed E-state index contributed by atoms with van der Waals surface area (Å²) < 4.78 is 11.3. The van der Waals surface area contributed by atoms with Gasteiger partial charge in [-0.25, -0.2) is 4.79 Å². The average molecular weight is 355 g/mol. The summed E-state index contributed by atoms with van der Waals surface area (Å²) in [6.45, 7) is 5.67. The van der Waals surface area contributed by atoms with E-state index in [1.54, 1.807) is 0 Å². The lowest BCUT2D eigenvalue weighted by Gasteiger charge is -2.31. The second-order valence-corrected chi connectivity index (χ2v) is 7.71. The lowest BCUT2D eigenvalue weighted by molar-refractivity contribution is -0.135. The molecule has 138 valence electrons. The number of hydrogen-bond acceptors (Lipinski definition) is 4. The molecular formula is C21H25NO4. The van der Waals surface area contributed by atoms with E-state index < -0.39 is 0 Å². The fourth-order valence-electron chi connectivity index (χ4n) is 4.51. The maximum atomic E-state index is 12.6. The fourth-order valence-corrected chi connectivity index (χ4v) is 4.51. The van der Waals surface area contributed by atoms with E-state index in [1.807, 2.05) is 30.9 Å². The third kappa shape index (κ3) is 3.22. The van der Waals surface area contributed by atoms with E-state index >= 15 is 0 Å². The van der Waals surface area contributed by atoms with E-state index in [2.05, 4.69) is 0 Å². The maximum absolute atomic E-state index is 12.6. The van der Waals surface area contributed by atoms with E-state index in [1.165, 1.54) is 25.3 Å². The Bertz CT molecular complexity index is 889. The molecule has 0 radical (unpaired) electrons. The first-order valence-electron chi connectivity index (χ1n) is 9.51. The van der Waals surface area contributed by atoms with Gasteiger partial charge in [-0.1, -0.05) is 6.92 Å². The Morgan fingerprint density at radius 2 is 1.96 bits per heavy atom. The van der Waals surface area contributed by atoms with Crippen LogP contribution in [0.25, 0.3) is 11.0 Å².